The van der Waals surface area contributed by atoms with Gasteiger partial charge in [0, 0.05) is 11.6 Å². The highest BCUT2D eigenvalue weighted by Crippen LogP contribution is 2.58. The maximum atomic E-state index is 12.7. The third kappa shape index (κ3) is 2.37. The fourth-order valence-electron chi connectivity index (χ4n) is 5.54. The molecule has 124 valence electrons. The normalized spacial score (nSPS) is 34.6. The van der Waals surface area contributed by atoms with E-state index in [1.807, 2.05) is 0 Å². The van der Waals surface area contributed by atoms with Gasteiger partial charge in [-0.15, -0.1) is 0 Å². The molecule has 0 radical (unpaired) electrons. The summed E-state index contributed by atoms with van der Waals surface area (Å²) in [6.07, 6.45) is 7.59. The van der Waals surface area contributed by atoms with Crippen LogP contribution in [0.25, 0.3) is 0 Å². The maximum Gasteiger partial charge on any atom is 0.311 e. The standard InChI is InChI=1S/C18H23NO4/c1-9-8-23-15(7-16(20)21)17(9)18(22)19-14-6-10-5-13(14)12-4-2-3-11(10)12/h8,10-14H,2-7H2,1H3,(H,19,22)(H,20,21). The fourth-order valence-corrected chi connectivity index (χ4v) is 5.54. The number of carboxylic acids is 1. The van der Waals surface area contributed by atoms with Gasteiger partial charge in [-0.3, -0.25) is 9.59 Å². The summed E-state index contributed by atoms with van der Waals surface area (Å²) in [5.74, 6) is 2.19. The Balaban J connectivity index is 1.49. The highest BCUT2D eigenvalue weighted by molar-refractivity contribution is 5.97. The number of aliphatic carboxylic acids is 1. The predicted octanol–water partition coefficient (Wildman–Crippen LogP) is 2.77. The molecule has 0 saturated heterocycles. The smallest absolute Gasteiger partial charge is 0.311 e. The Morgan fingerprint density at radius 3 is 2.83 bits per heavy atom. The minimum atomic E-state index is -0.984. The molecular formula is C18H23NO4. The largest absolute Gasteiger partial charge is 0.481 e. The van der Waals surface area contributed by atoms with E-state index in [9.17, 15) is 9.59 Å². The van der Waals surface area contributed by atoms with E-state index < -0.39 is 5.97 Å². The van der Waals surface area contributed by atoms with Gasteiger partial charge in [-0.25, -0.2) is 0 Å². The third-order valence-corrected chi connectivity index (χ3v) is 6.34. The van der Waals surface area contributed by atoms with Crippen LogP contribution >= 0.6 is 0 Å². The van der Waals surface area contributed by atoms with Crippen molar-refractivity contribution in [3.63, 3.8) is 0 Å². The summed E-state index contributed by atoms with van der Waals surface area (Å²) in [6.45, 7) is 1.79. The van der Waals surface area contributed by atoms with Crippen LogP contribution in [0.15, 0.2) is 10.7 Å². The topological polar surface area (TPSA) is 79.5 Å². The van der Waals surface area contributed by atoms with Crippen LogP contribution in [0.5, 0.6) is 0 Å². The van der Waals surface area contributed by atoms with Crippen LogP contribution in [0, 0.1) is 30.6 Å². The number of furan rings is 1. The molecule has 1 amide bonds. The Morgan fingerprint density at radius 1 is 1.26 bits per heavy atom. The van der Waals surface area contributed by atoms with Crippen molar-refractivity contribution in [3.05, 3.63) is 23.2 Å². The fraction of sp³-hybridized carbons (Fsp3) is 0.667. The molecule has 3 aliphatic carbocycles. The van der Waals surface area contributed by atoms with Crippen LogP contribution in [0.3, 0.4) is 0 Å². The molecule has 0 aliphatic heterocycles. The van der Waals surface area contributed by atoms with Crippen molar-refractivity contribution in [1.29, 1.82) is 0 Å². The summed E-state index contributed by atoms with van der Waals surface area (Å²) in [5.41, 5.74) is 1.12. The van der Waals surface area contributed by atoms with E-state index in [1.165, 1.54) is 31.9 Å². The zero-order valence-corrected chi connectivity index (χ0v) is 13.4. The van der Waals surface area contributed by atoms with E-state index in [1.54, 1.807) is 6.92 Å². The van der Waals surface area contributed by atoms with Gasteiger partial charge >= 0.3 is 5.97 Å². The van der Waals surface area contributed by atoms with Crippen molar-refractivity contribution < 1.29 is 19.1 Å². The van der Waals surface area contributed by atoms with Crippen LogP contribution in [-0.2, 0) is 11.2 Å². The molecule has 5 heteroatoms. The highest BCUT2D eigenvalue weighted by atomic mass is 16.4. The second kappa shape index (κ2) is 5.39. The molecule has 0 spiro atoms. The average Bonchev–Trinajstić information content (AvgIpc) is 3.19. The van der Waals surface area contributed by atoms with E-state index in [0.29, 0.717) is 17.0 Å². The van der Waals surface area contributed by atoms with Crippen LogP contribution < -0.4 is 5.32 Å². The van der Waals surface area contributed by atoms with E-state index in [-0.39, 0.29) is 24.1 Å². The Kier molecular flexibility index (Phi) is 3.47. The van der Waals surface area contributed by atoms with Crippen molar-refractivity contribution in [2.45, 2.75) is 51.5 Å². The number of carbonyl (C=O) groups excluding carboxylic acids is 1. The van der Waals surface area contributed by atoms with E-state index in [2.05, 4.69) is 5.32 Å². The Hall–Kier alpha value is -1.78. The first-order valence-corrected chi connectivity index (χ1v) is 8.64. The molecule has 1 heterocycles. The van der Waals surface area contributed by atoms with Crippen LogP contribution in [0.4, 0.5) is 0 Å². The number of rotatable bonds is 4. The van der Waals surface area contributed by atoms with Gasteiger partial charge in [0.05, 0.1) is 11.8 Å². The number of hydrogen-bond donors (Lipinski definition) is 2. The number of amides is 1. The molecule has 1 aromatic rings. The number of nitrogens with one attached hydrogen (secondary N) is 1. The quantitative estimate of drug-likeness (QED) is 0.895. The van der Waals surface area contributed by atoms with Crippen molar-refractivity contribution in [3.8, 4) is 0 Å². The molecule has 5 atom stereocenters. The SMILES string of the molecule is Cc1coc(CC(=O)O)c1C(=O)NC1CC2CC1C1CCCC21. The van der Waals surface area contributed by atoms with Gasteiger partial charge in [0.15, 0.2) is 0 Å². The summed E-state index contributed by atoms with van der Waals surface area (Å²) in [5, 5.41) is 12.2. The van der Waals surface area contributed by atoms with Crippen molar-refractivity contribution >= 4 is 11.9 Å². The summed E-state index contributed by atoms with van der Waals surface area (Å²) >= 11 is 0. The van der Waals surface area contributed by atoms with Crippen LogP contribution in [0.2, 0.25) is 0 Å². The van der Waals surface area contributed by atoms with Gasteiger partial charge in [0.1, 0.15) is 12.2 Å². The maximum absolute atomic E-state index is 12.7. The van der Waals surface area contributed by atoms with Crippen molar-refractivity contribution in [1.82, 2.24) is 5.32 Å². The number of carbonyl (C=O) groups is 2. The van der Waals surface area contributed by atoms with Crippen molar-refractivity contribution in [2.75, 3.05) is 0 Å². The minimum absolute atomic E-state index is 0.167. The first kappa shape index (κ1) is 14.8. The Morgan fingerprint density at radius 2 is 2.04 bits per heavy atom. The molecule has 5 nitrogen and oxygen atoms in total. The number of carboxylic acid groups (broad SMARTS) is 1. The number of fused-ring (bicyclic) bond motifs is 5. The van der Waals surface area contributed by atoms with E-state index in [4.69, 9.17) is 9.52 Å². The Labute approximate surface area is 135 Å². The highest BCUT2D eigenvalue weighted by Gasteiger charge is 2.54. The molecule has 3 aliphatic rings. The predicted molar refractivity (Wildman–Crippen MR) is 83.1 cm³/mol. The third-order valence-electron chi connectivity index (χ3n) is 6.34. The number of aryl methyl sites for hydroxylation is 1. The minimum Gasteiger partial charge on any atom is -0.481 e. The zero-order chi connectivity index (χ0) is 16.1. The van der Waals surface area contributed by atoms with Gasteiger partial charge < -0.3 is 14.8 Å². The summed E-state index contributed by atoms with van der Waals surface area (Å²) in [4.78, 5) is 23.6. The summed E-state index contributed by atoms with van der Waals surface area (Å²) < 4.78 is 5.28. The molecule has 3 saturated carbocycles. The van der Waals surface area contributed by atoms with Crippen LogP contribution in [-0.4, -0.2) is 23.0 Å². The first-order valence-electron chi connectivity index (χ1n) is 8.64. The molecule has 4 rings (SSSR count). The second-order valence-electron chi connectivity index (χ2n) is 7.52. The molecule has 0 aromatic carbocycles. The zero-order valence-electron chi connectivity index (χ0n) is 13.4. The monoisotopic (exact) mass is 317 g/mol. The summed E-state index contributed by atoms with van der Waals surface area (Å²) in [7, 11) is 0. The van der Waals surface area contributed by atoms with Crippen LogP contribution in [0.1, 0.15) is 53.8 Å². The lowest BCUT2D eigenvalue weighted by Gasteiger charge is -2.32. The van der Waals surface area contributed by atoms with Gasteiger partial charge in [0.2, 0.25) is 0 Å². The first-order chi connectivity index (χ1) is 11.0. The lowest BCUT2D eigenvalue weighted by molar-refractivity contribution is -0.136. The molecule has 3 fully saturated rings. The molecule has 2 N–H and O–H groups in total. The van der Waals surface area contributed by atoms with Gasteiger partial charge in [-0.1, -0.05) is 6.42 Å². The molecule has 1 aromatic heterocycles. The van der Waals surface area contributed by atoms with E-state index in [0.717, 1.165) is 24.2 Å². The van der Waals surface area contributed by atoms with Gasteiger partial charge in [0.25, 0.3) is 5.91 Å². The average molecular weight is 317 g/mol. The van der Waals surface area contributed by atoms with Crippen molar-refractivity contribution in [2.24, 2.45) is 23.7 Å². The Bertz CT molecular complexity index is 649. The lowest BCUT2D eigenvalue weighted by Crippen LogP contribution is -2.42. The van der Waals surface area contributed by atoms with Gasteiger partial charge in [-0.2, -0.15) is 0 Å². The van der Waals surface area contributed by atoms with E-state index >= 15 is 0 Å². The molecule has 23 heavy (non-hydrogen) atoms. The molecule has 2 bridgehead atoms. The number of hydrogen-bond acceptors (Lipinski definition) is 3. The van der Waals surface area contributed by atoms with Gasteiger partial charge in [-0.05, 0) is 56.3 Å². The molecular weight excluding hydrogens is 294 g/mol. The second-order valence-corrected chi connectivity index (χ2v) is 7.52. The molecule has 5 unspecified atom stereocenters. The summed E-state index contributed by atoms with van der Waals surface area (Å²) in [6, 6.07) is 0.249. The lowest BCUT2D eigenvalue weighted by atomic mass is 9.79.